The fourth-order valence-electron chi connectivity index (χ4n) is 1.05. The highest BCUT2D eigenvalue weighted by Gasteiger charge is 2.07. The molecule has 1 aromatic rings. The van der Waals surface area contributed by atoms with Crippen LogP contribution in [0.3, 0.4) is 0 Å². The number of halogens is 1. The maximum atomic E-state index is 11.9. The molecule has 1 rings (SSSR count). The number of hydrogen-bond donors (Lipinski definition) is 1. The topological polar surface area (TPSA) is 37.3 Å². The van der Waals surface area contributed by atoms with Crippen molar-refractivity contribution >= 4 is 5.97 Å². The van der Waals surface area contributed by atoms with E-state index in [1.165, 1.54) is 6.07 Å². The van der Waals surface area contributed by atoms with Crippen molar-refractivity contribution in [3.8, 4) is 0 Å². The first-order valence-electron chi connectivity index (χ1n) is 3.63. The predicted octanol–water partition coefficient (Wildman–Crippen LogP) is 1.90. The van der Waals surface area contributed by atoms with Crippen LogP contribution >= 0.6 is 0 Å². The van der Waals surface area contributed by atoms with Crippen molar-refractivity contribution in [1.82, 2.24) is 0 Å². The molecule has 0 saturated carbocycles. The highest BCUT2D eigenvalue weighted by molar-refractivity contribution is 5.89. The first kappa shape index (κ1) is 8.71. The Morgan fingerprint density at radius 2 is 2.08 bits per heavy atom. The molecule has 0 radical (unpaired) electrons. The average Bonchev–Trinajstić information content (AvgIpc) is 2.05. The lowest BCUT2D eigenvalue weighted by molar-refractivity contribution is 0.0695. The standard InChI is InChI=1S/C9H9FO2/c10-6-5-7-3-1-2-4-8(7)9(11)12/h1-4H,5-6H2,(H,11,12). The number of alkyl halides is 1. The van der Waals surface area contributed by atoms with Gasteiger partial charge in [-0.1, -0.05) is 18.2 Å². The van der Waals surface area contributed by atoms with Crippen LogP contribution in [-0.2, 0) is 6.42 Å². The molecule has 0 bridgehead atoms. The quantitative estimate of drug-likeness (QED) is 0.748. The van der Waals surface area contributed by atoms with Crippen LogP contribution in [0.2, 0.25) is 0 Å². The van der Waals surface area contributed by atoms with Gasteiger partial charge in [-0.25, -0.2) is 4.79 Å². The van der Waals surface area contributed by atoms with Crippen LogP contribution in [0.1, 0.15) is 15.9 Å². The predicted molar refractivity (Wildman–Crippen MR) is 43.1 cm³/mol. The van der Waals surface area contributed by atoms with Crippen LogP contribution in [0.15, 0.2) is 24.3 Å². The third kappa shape index (κ3) is 1.81. The molecule has 0 aromatic heterocycles. The molecule has 0 heterocycles. The Morgan fingerprint density at radius 3 is 2.67 bits per heavy atom. The van der Waals surface area contributed by atoms with Gasteiger partial charge < -0.3 is 5.11 Å². The van der Waals surface area contributed by atoms with E-state index in [2.05, 4.69) is 0 Å². The molecule has 0 aliphatic heterocycles. The van der Waals surface area contributed by atoms with E-state index in [-0.39, 0.29) is 12.0 Å². The molecular formula is C9H9FO2. The molecule has 2 nitrogen and oxygen atoms in total. The van der Waals surface area contributed by atoms with Crippen LogP contribution in [-0.4, -0.2) is 17.8 Å². The molecule has 0 fully saturated rings. The van der Waals surface area contributed by atoms with Crippen molar-refractivity contribution in [3.63, 3.8) is 0 Å². The molecule has 0 saturated heterocycles. The fourth-order valence-corrected chi connectivity index (χ4v) is 1.05. The Hall–Kier alpha value is -1.38. The maximum absolute atomic E-state index is 11.9. The molecule has 3 heteroatoms. The zero-order valence-electron chi connectivity index (χ0n) is 6.46. The molecule has 0 aliphatic carbocycles. The van der Waals surface area contributed by atoms with Gasteiger partial charge in [0.15, 0.2) is 0 Å². The summed E-state index contributed by atoms with van der Waals surface area (Å²) in [6, 6.07) is 6.44. The number of carbonyl (C=O) groups is 1. The van der Waals surface area contributed by atoms with E-state index in [9.17, 15) is 9.18 Å². The summed E-state index contributed by atoms with van der Waals surface area (Å²) in [5, 5.41) is 8.67. The summed E-state index contributed by atoms with van der Waals surface area (Å²) >= 11 is 0. The van der Waals surface area contributed by atoms with Gasteiger partial charge in [-0.15, -0.1) is 0 Å². The van der Waals surface area contributed by atoms with E-state index >= 15 is 0 Å². The molecule has 64 valence electrons. The van der Waals surface area contributed by atoms with Gasteiger partial charge in [0, 0.05) is 6.42 Å². The maximum Gasteiger partial charge on any atom is 0.335 e. The summed E-state index contributed by atoms with van der Waals surface area (Å²) < 4.78 is 11.9. The van der Waals surface area contributed by atoms with Gasteiger partial charge in [-0.2, -0.15) is 0 Å². The van der Waals surface area contributed by atoms with E-state index in [1.807, 2.05) is 0 Å². The molecular weight excluding hydrogens is 159 g/mol. The minimum absolute atomic E-state index is 0.169. The summed E-state index contributed by atoms with van der Waals surface area (Å²) in [6.45, 7) is -0.524. The third-order valence-electron chi connectivity index (χ3n) is 1.61. The van der Waals surface area contributed by atoms with Crippen molar-refractivity contribution < 1.29 is 14.3 Å². The van der Waals surface area contributed by atoms with Gasteiger partial charge in [0.05, 0.1) is 12.2 Å². The van der Waals surface area contributed by atoms with Crippen LogP contribution in [0, 0.1) is 0 Å². The Labute approximate surface area is 69.6 Å². The normalized spacial score (nSPS) is 9.75. The highest BCUT2D eigenvalue weighted by atomic mass is 19.1. The van der Waals surface area contributed by atoms with Crippen molar-refractivity contribution in [1.29, 1.82) is 0 Å². The van der Waals surface area contributed by atoms with Crippen molar-refractivity contribution in [3.05, 3.63) is 35.4 Å². The molecule has 0 amide bonds. The van der Waals surface area contributed by atoms with Gasteiger partial charge in [-0.05, 0) is 11.6 Å². The van der Waals surface area contributed by atoms with Crippen LogP contribution in [0.5, 0.6) is 0 Å². The second kappa shape index (κ2) is 3.85. The molecule has 12 heavy (non-hydrogen) atoms. The summed E-state index contributed by atoms with van der Waals surface area (Å²) in [7, 11) is 0. The second-order valence-electron chi connectivity index (χ2n) is 2.40. The lowest BCUT2D eigenvalue weighted by atomic mass is 10.1. The lowest BCUT2D eigenvalue weighted by Gasteiger charge is -2.01. The molecule has 1 aromatic carbocycles. The molecule has 0 atom stereocenters. The van der Waals surface area contributed by atoms with Crippen molar-refractivity contribution in [2.45, 2.75) is 6.42 Å². The summed E-state index contributed by atoms with van der Waals surface area (Å²) in [4.78, 5) is 10.6. The van der Waals surface area contributed by atoms with Gasteiger partial charge >= 0.3 is 5.97 Å². The average molecular weight is 168 g/mol. The summed E-state index contributed by atoms with van der Waals surface area (Å²) in [6.07, 6.45) is 0.169. The monoisotopic (exact) mass is 168 g/mol. The van der Waals surface area contributed by atoms with Crippen molar-refractivity contribution in [2.24, 2.45) is 0 Å². The van der Waals surface area contributed by atoms with E-state index in [0.29, 0.717) is 5.56 Å². The van der Waals surface area contributed by atoms with Gasteiger partial charge in [0.1, 0.15) is 0 Å². The van der Waals surface area contributed by atoms with E-state index in [1.54, 1.807) is 18.2 Å². The van der Waals surface area contributed by atoms with E-state index in [0.717, 1.165) is 0 Å². The number of carboxylic acid groups (broad SMARTS) is 1. The number of benzene rings is 1. The Balaban J connectivity index is 3.00. The second-order valence-corrected chi connectivity index (χ2v) is 2.40. The Bertz CT molecular complexity index is 284. The first-order valence-corrected chi connectivity index (χ1v) is 3.63. The molecule has 0 spiro atoms. The Morgan fingerprint density at radius 1 is 1.42 bits per heavy atom. The molecule has 0 aliphatic rings. The summed E-state index contributed by atoms with van der Waals surface area (Å²) in [5.41, 5.74) is 0.739. The smallest absolute Gasteiger partial charge is 0.335 e. The minimum atomic E-state index is -1.00. The highest BCUT2D eigenvalue weighted by Crippen LogP contribution is 2.09. The number of aryl methyl sites for hydroxylation is 1. The Kier molecular flexibility index (Phi) is 2.80. The largest absolute Gasteiger partial charge is 0.478 e. The van der Waals surface area contributed by atoms with Gasteiger partial charge in [-0.3, -0.25) is 4.39 Å². The lowest BCUT2D eigenvalue weighted by Crippen LogP contribution is -2.02. The summed E-state index contributed by atoms with van der Waals surface area (Å²) in [5.74, 6) is -1.00. The molecule has 1 N–H and O–H groups in total. The van der Waals surface area contributed by atoms with Crippen LogP contribution < -0.4 is 0 Å². The fraction of sp³-hybridized carbons (Fsp3) is 0.222. The van der Waals surface area contributed by atoms with E-state index in [4.69, 9.17) is 5.11 Å². The minimum Gasteiger partial charge on any atom is -0.478 e. The van der Waals surface area contributed by atoms with Crippen LogP contribution in [0.4, 0.5) is 4.39 Å². The van der Waals surface area contributed by atoms with Crippen molar-refractivity contribution in [2.75, 3.05) is 6.67 Å². The zero-order chi connectivity index (χ0) is 8.97. The SMILES string of the molecule is O=C(O)c1ccccc1CCF. The van der Waals surface area contributed by atoms with Gasteiger partial charge in [0.25, 0.3) is 0 Å². The van der Waals surface area contributed by atoms with Gasteiger partial charge in [0.2, 0.25) is 0 Å². The number of aromatic carboxylic acids is 1. The van der Waals surface area contributed by atoms with E-state index < -0.39 is 12.6 Å². The van der Waals surface area contributed by atoms with Crippen LogP contribution in [0.25, 0.3) is 0 Å². The molecule has 0 unspecified atom stereocenters. The number of hydrogen-bond acceptors (Lipinski definition) is 1. The zero-order valence-corrected chi connectivity index (χ0v) is 6.46. The third-order valence-corrected chi connectivity index (χ3v) is 1.61. The number of rotatable bonds is 3. The number of carboxylic acids is 1. The first-order chi connectivity index (χ1) is 5.75.